The van der Waals surface area contributed by atoms with Gasteiger partial charge in [-0.15, -0.1) is 12.4 Å². The van der Waals surface area contributed by atoms with Gasteiger partial charge in [-0.1, -0.05) is 0 Å². The van der Waals surface area contributed by atoms with E-state index in [0.717, 1.165) is 12.1 Å². The fourth-order valence-electron chi connectivity index (χ4n) is 1.14. The average molecular weight is 245 g/mol. The van der Waals surface area contributed by atoms with Crippen molar-refractivity contribution in [1.29, 1.82) is 5.26 Å². The Balaban J connectivity index is 0.00000225. The third-order valence-corrected chi connectivity index (χ3v) is 1.90. The minimum atomic E-state index is -0.720. The number of hydrogen-bond donors (Lipinski definition) is 1. The third kappa shape index (κ3) is 2.69. The van der Waals surface area contributed by atoms with Crippen LogP contribution in [-0.4, -0.2) is 19.4 Å². The number of carbonyl (C=O) groups excluding carboxylic acids is 1. The van der Waals surface area contributed by atoms with E-state index in [9.17, 15) is 9.18 Å². The van der Waals surface area contributed by atoms with Gasteiger partial charge in [0.2, 0.25) is 0 Å². The number of benzene rings is 1. The highest BCUT2D eigenvalue weighted by molar-refractivity contribution is 6.00. The molecule has 0 aliphatic rings. The van der Waals surface area contributed by atoms with Crippen molar-refractivity contribution in [3.63, 3.8) is 0 Å². The van der Waals surface area contributed by atoms with E-state index in [-0.39, 0.29) is 35.8 Å². The zero-order valence-electron chi connectivity index (χ0n) is 8.49. The van der Waals surface area contributed by atoms with Gasteiger partial charge in [0.15, 0.2) is 5.78 Å². The first-order valence-electron chi connectivity index (χ1n) is 4.15. The molecule has 0 fully saturated rings. The van der Waals surface area contributed by atoms with Gasteiger partial charge in [-0.25, -0.2) is 4.39 Å². The van der Waals surface area contributed by atoms with Crippen molar-refractivity contribution < 1.29 is 13.9 Å². The van der Waals surface area contributed by atoms with Crippen LogP contribution in [0.15, 0.2) is 12.1 Å². The van der Waals surface area contributed by atoms with Crippen LogP contribution >= 0.6 is 12.4 Å². The van der Waals surface area contributed by atoms with E-state index in [0.29, 0.717) is 0 Å². The van der Waals surface area contributed by atoms with Gasteiger partial charge in [-0.2, -0.15) is 5.26 Å². The highest BCUT2D eigenvalue weighted by atomic mass is 35.5. The maximum absolute atomic E-state index is 13.1. The van der Waals surface area contributed by atoms with E-state index in [1.807, 2.05) is 0 Å². The Morgan fingerprint density at radius 2 is 2.25 bits per heavy atom. The summed E-state index contributed by atoms with van der Waals surface area (Å²) < 4.78 is 18.0. The van der Waals surface area contributed by atoms with Gasteiger partial charge in [-0.3, -0.25) is 4.79 Å². The Morgan fingerprint density at radius 3 is 2.69 bits per heavy atom. The number of ether oxygens (including phenoxy) is 1. The van der Waals surface area contributed by atoms with E-state index in [4.69, 9.17) is 15.7 Å². The molecule has 0 amide bonds. The molecule has 0 saturated heterocycles. The fourth-order valence-corrected chi connectivity index (χ4v) is 1.14. The van der Waals surface area contributed by atoms with Crippen molar-refractivity contribution >= 4 is 18.2 Å². The Hall–Kier alpha value is -1.64. The summed E-state index contributed by atoms with van der Waals surface area (Å²) in [6.45, 7) is -0.215. The molecule has 0 saturated carbocycles. The second kappa shape index (κ2) is 6.05. The number of nitrogens with zero attached hydrogens (tertiary/aromatic N) is 1. The van der Waals surface area contributed by atoms with E-state index in [1.54, 1.807) is 6.07 Å². The van der Waals surface area contributed by atoms with Gasteiger partial charge in [0, 0.05) is 6.07 Å². The van der Waals surface area contributed by atoms with Crippen LogP contribution in [0.3, 0.4) is 0 Å². The number of ketones is 1. The molecule has 2 N–H and O–H groups in total. The van der Waals surface area contributed by atoms with Gasteiger partial charge in [-0.05, 0) is 6.07 Å². The van der Waals surface area contributed by atoms with Gasteiger partial charge >= 0.3 is 0 Å². The molecule has 0 aliphatic heterocycles. The summed E-state index contributed by atoms with van der Waals surface area (Å²) in [7, 11) is 1.31. The van der Waals surface area contributed by atoms with Gasteiger partial charge in [0.1, 0.15) is 17.6 Å². The van der Waals surface area contributed by atoms with Gasteiger partial charge < -0.3 is 10.5 Å². The highest BCUT2D eigenvalue weighted by Crippen LogP contribution is 2.22. The number of Topliss-reactive ketones (excluding diaryl/α,β-unsaturated/α-hetero) is 1. The molecule has 0 bridgehead atoms. The van der Waals surface area contributed by atoms with Crippen LogP contribution in [0.2, 0.25) is 0 Å². The number of methoxy groups -OCH3 is 1. The zero-order valence-corrected chi connectivity index (χ0v) is 9.31. The molecule has 1 aromatic rings. The molecular formula is C10H10ClFN2O2. The SMILES string of the molecule is COc1cc(F)c(C#N)cc1C(=O)CN.Cl. The van der Waals surface area contributed by atoms with Crippen LogP contribution in [-0.2, 0) is 0 Å². The van der Waals surface area contributed by atoms with Gasteiger partial charge in [0.25, 0.3) is 0 Å². The number of halogens is 2. The Morgan fingerprint density at radius 1 is 1.62 bits per heavy atom. The predicted octanol–water partition coefficient (Wildman–Crippen LogP) is 1.27. The topological polar surface area (TPSA) is 76.1 Å². The largest absolute Gasteiger partial charge is 0.496 e. The standard InChI is InChI=1S/C10H9FN2O2.ClH/c1-15-10-3-8(11)6(4-12)2-7(10)9(14)5-13;/h2-3H,5,13H2,1H3;1H. The van der Waals surface area contributed by atoms with Crippen LogP contribution < -0.4 is 10.5 Å². The number of carbonyl (C=O) groups is 1. The molecule has 0 spiro atoms. The normalized spacial score (nSPS) is 8.88. The van der Waals surface area contributed by atoms with Crippen molar-refractivity contribution in [2.24, 2.45) is 5.73 Å². The molecule has 0 aliphatic carbocycles. The summed E-state index contributed by atoms with van der Waals surface area (Å²) in [5, 5.41) is 8.59. The summed E-state index contributed by atoms with van der Waals surface area (Å²) in [4.78, 5) is 11.3. The van der Waals surface area contributed by atoms with Crippen LogP contribution in [0, 0.1) is 17.1 Å². The first-order chi connectivity index (χ1) is 7.13. The lowest BCUT2D eigenvalue weighted by molar-refractivity contribution is 0.0998. The number of rotatable bonds is 3. The second-order valence-corrected chi connectivity index (χ2v) is 2.77. The first kappa shape index (κ1) is 14.4. The molecule has 0 aromatic heterocycles. The number of nitriles is 1. The quantitative estimate of drug-likeness (QED) is 0.813. The monoisotopic (exact) mass is 244 g/mol. The number of nitrogens with two attached hydrogens (primary N) is 1. The summed E-state index contributed by atoms with van der Waals surface area (Å²) in [6.07, 6.45) is 0. The lowest BCUT2D eigenvalue weighted by Gasteiger charge is -2.07. The van der Waals surface area contributed by atoms with E-state index >= 15 is 0 Å². The lowest BCUT2D eigenvalue weighted by atomic mass is 10.1. The Bertz CT molecular complexity index is 443. The molecule has 4 nitrogen and oxygen atoms in total. The third-order valence-electron chi connectivity index (χ3n) is 1.90. The van der Waals surface area contributed by atoms with E-state index in [1.165, 1.54) is 7.11 Å². The van der Waals surface area contributed by atoms with Crippen molar-refractivity contribution in [2.45, 2.75) is 0 Å². The van der Waals surface area contributed by atoms with Crippen molar-refractivity contribution in [3.8, 4) is 11.8 Å². The Labute approximate surface area is 98.2 Å². The van der Waals surface area contributed by atoms with Crippen molar-refractivity contribution in [3.05, 3.63) is 29.1 Å². The van der Waals surface area contributed by atoms with Crippen LogP contribution in [0.1, 0.15) is 15.9 Å². The molecule has 16 heavy (non-hydrogen) atoms. The zero-order chi connectivity index (χ0) is 11.4. The Kier molecular flexibility index (Phi) is 5.43. The summed E-state index contributed by atoms with van der Waals surface area (Å²) in [5.74, 6) is -1.03. The molecule has 0 atom stereocenters. The molecule has 1 aromatic carbocycles. The summed E-state index contributed by atoms with van der Waals surface area (Å²) in [5.41, 5.74) is 5.10. The molecule has 6 heteroatoms. The number of hydrogen-bond acceptors (Lipinski definition) is 4. The molecule has 0 radical (unpaired) electrons. The maximum Gasteiger partial charge on any atom is 0.180 e. The van der Waals surface area contributed by atoms with E-state index in [2.05, 4.69) is 0 Å². The average Bonchev–Trinajstić information content (AvgIpc) is 2.27. The molecule has 86 valence electrons. The lowest BCUT2D eigenvalue weighted by Crippen LogP contribution is -2.15. The minimum Gasteiger partial charge on any atom is -0.496 e. The molecule has 0 unspecified atom stereocenters. The maximum atomic E-state index is 13.1. The van der Waals surface area contributed by atoms with Crippen LogP contribution in [0.4, 0.5) is 4.39 Å². The predicted molar refractivity (Wildman–Crippen MR) is 58.3 cm³/mol. The van der Waals surface area contributed by atoms with E-state index < -0.39 is 11.6 Å². The fraction of sp³-hybridized carbons (Fsp3) is 0.200. The molecule has 0 heterocycles. The molecular weight excluding hydrogens is 235 g/mol. The van der Waals surface area contributed by atoms with Crippen molar-refractivity contribution in [2.75, 3.05) is 13.7 Å². The van der Waals surface area contributed by atoms with Crippen molar-refractivity contribution in [1.82, 2.24) is 0 Å². The second-order valence-electron chi connectivity index (χ2n) is 2.77. The van der Waals surface area contributed by atoms with Crippen LogP contribution in [0.5, 0.6) is 5.75 Å². The molecule has 1 rings (SSSR count). The van der Waals surface area contributed by atoms with Crippen LogP contribution in [0.25, 0.3) is 0 Å². The summed E-state index contributed by atoms with van der Waals surface area (Å²) >= 11 is 0. The minimum absolute atomic E-state index is 0. The highest BCUT2D eigenvalue weighted by Gasteiger charge is 2.15. The summed E-state index contributed by atoms with van der Waals surface area (Å²) in [6, 6.07) is 3.79. The smallest absolute Gasteiger partial charge is 0.180 e. The van der Waals surface area contributed by atoms with Gasteiger partial charge in [0.05, 0.1) is 24.8 Å². The first-order valence-corrected chi connectivity index (χ1v) is 4.15.